The monoisotopic (exact) mass is 196 g/mol. The molecule has 0 aromatic rings. The first-order chi connectivity index (χ1) is 6.59. The van der Waals surface area contributed by atoms with E-state index in [-0.39, 0.29) is 11.4 Å². The molecule has 0 amide bonds. The molecule has 0 aliphatic carbocycles. The van der Waals surface area contributed by atoms with Crippen LogP contribution in [-0.4, -0.2) is 37.6 Å². The number of likely N-dealkylation sites (tertiary alicyclic amines) is 1. The smallest absolute Gasteiger partial charge is 0.319 e. The van der Waals surface area contributed by atoms with Crippen LogP contribution in [0.3, 0.4) is 0 Å². The number of rotatable bonds is 2. The molecule has 0 N–H and O–H groups in total. The number of carbonyl (C=O) groups is 1. The van der Waals surface area contributed by atoms with Gasteiger partial charge < -0.3 is 4.74 Å². The predicted molar refractivity (Wildman–Crippen MR) is 51.4 cm³/mol. The van der Waals surface area contributed by atoms with E-state index >= 15 is 0 Å². The minimum atomic E-state index is -0.203. The number of ether oxygens (including phenoxy) is 1. The van der Waals surface area contributed by atoms with Crippen molar-refractivity contribution in [3.05, 3.63) is 0 Å². The molecule has 14 heavy (non-hydrogen) atoms. The highest BCUT2D eigenvalue weighted by atomic mass is 16.5. The first-order valence-corrected chi connectivity index (χ1v) is 4.80. The Bertz CT molecular complexity index is 249. The zero-order chi connectivity index (χ0) is 10.6. The summed E-state index contributed by atoms with van der Waals surface area (Å²) in [7, 11) is 1.39. The molecule has 4 nitrogen and oxygen atoms in total. The number of hydrogen-bond acceptors (Lipinski definition) is 4. The van der Waals surface area contributed by atoms with Crippen LogP contribution in [0.25, 0.3) is 0 Å². The summed E-state index contributed by atoms with van der Waals surface area (Å²) in [6.07, 6.45) is 1.67. The third-order valence-electron chi connectivity index (χ3n) is 2.81. The molecule has 1 heterocycles. The maximum absolute atomic E-state index is 11.0. The third kappa shape index (κ3) is 2.71. The molecule has 0 unspecified atom stereocenters. The quantitative estimate of drug-likeness (QED) is 0.612. The van der Waals surface area contributed by atoms with Crippen LogP contribution in [0.1, 0.15) is 19.8 Å². The van der Waals surface area contributed by atoms with Crippen LogP contribution < -0.4 is 0 Å². The molecule has 1 saturated heterocycles. The van der Waals surface area contributed by atoms with Gasteiger partial charge in [0.1, 0.15) is 0 Å². The molecular formula is C10H16N2O2. The fourth-order valence-electron chi connectivity index (χ4n) is 1.56. The Labute approximate surface area is 84.4 Å². The van der Waals surface area contributed by atoms with Crippen molar-refractivity contribution in [1.82, 2.24) is 4.90 Å². The van der Waals surface area contributed by atoms with Crippen LogP contribution in [-0.2, 0) is 9.53 Å². The number of carbonyl (C=O) groups excluding carboxylic acids is 1. The van der Waals surface area contributed by atoms with Gasteiger partial charge in [0, 0.05) is 13.1 Å². The molecule has 0 aromatic carbocycles. The Morgan fingerprint density at radius 3 is 2.57 bits per heavy atom. The SMILES string of the molecule is COC(=O)CN1CCC(C)(C#N)CC1. The highest BCUT2D eigenvalue weighted by molar-refractivity contribution is 5.71. The van der Waals surface area contributed by atoms with E-state index in [2.05, 4.69) is 10.8 Å². The zero-order valence-electron chi connectivity index (χ0n) is 8.75. The topological polar surface area (TPSA) is 53.3 Å². The third-order valence-corrected chi connectivity index (χ3v) is 2.81. The van der Waals surface area contributed by atoms with Crippen molar-refractivity contribution in [3.8, 4) is 6.07 Å². The highest BCUT2D eigenvalue weighted by Crippen LogP contribution is 2.29. The number of methoxy groups -OCH3 is 1. The second-order valence-electron chi connectivity index (χ2n) is 4.02. The second kappa shape index (κ2) is 4.43. The lowest BCUT2D eigenvalue weighted by Crippen LogP contribution is -2.40. The van der Waals surface area contributed by atoms with Gasteiger partial charge in [-0.1, -0.05) is 0 Å². The molecule has 4 heteroatoms. The number of nitrogens with zero attached hydrogens (tertiary/aromatic N) is 2. The predicted octanol–water partition coefficient (Wildman–Crippen LogP) is 0.785. The number of esters is 1. The average molecular weight is 196 g/mol. The Balaban J connectivity index is 2.37. The van der Waals surface area contributed by atoms with Crippen molar-refractivity contribution in [2.45, 2.75) is 19.8 Å². The van der Waals surface area contributed by atoms with E-state index in [1.807, 2.05) is 11.8 Å². The Morgan fingerprint density at radius 1 is 1.57 bits per heavy atom. The van der Waals surface area contributed by atoms with E-state index in [1.54, 1.807) is 0 Å². The molecule has 0 aromatic heterocycles. The second-order valence-corrected chi connectivity index (χ2v) is 4.02. The summed E-state index contributed by atoms with van der Waals surface area (Å²) in [5.74, 6) is -0.203. The molecule has 1 rings (SSSR count). The lowest BCUT2D eigenvalue weighted by atomic mass is 9.82. The van der Waals surface area contributed by atoms with E-state index in [9.17, 15) is 4.79 Å². The normalized spacial score (nSPS) is 21.2. The molecule has 1 aliphatic heterocycles. The largest absolute Gasteiger partial charge is 0.468 e. The van der Waals surface area contributed by atoms with Crippen molar-refractivity contribution >= 4 is 5.97 Å². The van der Waals surface area contributed by atoms with Gasteiger partial charge in [-0.2, -0.15) is 5.26 Å². The van der Waals surface area contributed by atoms with Crippen molar-refractivity contribution in [3.63, 3.8) is 0 Å². The van der Waals surface area contributed by atoms with Gasteiger partial charge in [-0.25, -0.2) is 0 Å². The van der Waals surface area contributed by atoms with E-state index in [0.717, 1.165) is 25.9 Å². The van der Waals surface area contributed by atoms with Gasteiger partial charge >= 0.3 is 5.97 Å². The number of nitriles is 1. The Morgan fingerprint density at radius 2 is 2.14 bits per heavy atom. The van der Waals surface area contributed by atoms with Crippen LogP contribution in [0.2, 0.25) is 0 Å². The van der Waals surface area contributed by atoms with Gasteiger partial charge in [-0.05, 0) is 19.8 Å². The molecule has 0 bridgehead atoms. The minimum absolute atomic E-state index is 0.202. The molecule has 0 spiro atoms. The summed E-state index contributed by atoms with van der Waals surface area (Å²) in [6, 6.07) is 2.33. The highest BCUT2D eigenvalue weighted by Gasteiger charge is 2.30. The summed E-state index contributed by atoms with van der Waals surface area (Å²) in [6.45, 7) is 3.93. The maximum atomic E-state index is 11.0. The summed E-state index contributed by atoms with van der Waals surface area (Å²) in [5, 5.41) is 8.90. The minimum Gasteiger partial charge on any atom is -0.468 e. The summed E-state index contributed by atoms with van der Waals surface area (Å²) >= 11 is 0. The zero-order valence-corrected chi connectivity index (χ0v) is 8.75. The maximum Gasteiger partial charge on any atom is 0.319 e. The van der Waals surface area contributed by atoms with Crippen LogP contribution in [0.4, 0.5) is 0 Å². The van der Waals surface area contributed by atoms with E-state index in [1.165, 1.54) is 7.11 Å². The molecular weight excluding hydrogens is 180 g/mol. The van der Waals surface area contributed by atoms with Crippen LogP contribution in [0.5, 0.6) is 0 Å². The molecule has 0 saturated carbocycles. The van der Waals surface area contributed by atoms with Crippen LogP contribution >= 0.6 is 0 Å². The first kappa shape index (κ1) is 11.0. The van der Waals surface area contributed by atoms with Gasteiger partial charge in [0.05, 0.1) is 25.1 Å². The Hall–Kier alpha value is -1.08. The van der Waals surface area contributed by atoms with E-state index < -0.39 is 0 Å². The summed E-state index contributed by atoms with van der Waals surface area (Å²) < 4.78 is 4.59. The lowest BCUT2D eigenvalue weighted by Gasteiger charge is -2.34. The van der Waals surface area contributed by atoms with Crippen molar-refractivity contribution in [1.29, 1.82) is 5.26 Å². The lowest BCUT2D eigenvalue weighted by molar-refractivity contribution is -0.142. The molecule has 78 valence electrons. The average Bonchev–Trinajstić information content (AvgIpc) is 2.21. The van der Waals surface area contributed by atoms with Gasteiger partial charge in [0.25, 0.3) is 0 Å². The summed E-state index contributed by atoms with van der Waals surface area (Å²) in [5.41, 5.74) is -0.202. The van der Waals surface area contributed by atoms with E-state index in [0.29, 0.717) is 6.54 Å². The molecule has 1 aliphatic rings. The van der Waals surface area contributed by atoms with Gasteiger partial charge in [0.2, 0.25) is 0 Å². The van der Waals surface area contributed by atoms with Crippen molar-refractivity contribution < 1.29 is 9.53 Å². The number of hydrogen-bond donors (Lipinski definition) is 0. The van der Waals surface area contributed by atoms with Crippen LogP contribution in [0, 0.1) is 16.7 Å². The van der Waals surface area contributed by atoms with Crippen LogP contribution in [0.15, 0.2) is 0 Å². The molecule has 0 atom stereocenters. The molecule has 0 radical (unpaired) electrons. The van der Waals surface area contributed by atoms with Gasteiger partial charge in [0.15, 0.2) is 0 Å². The molecule has 1 fully saturated rings. The van der Waals surface area contributed by atoms with Crippen molar-refractivity contribution in [2.75, 3.05) is 26.7 Å². The van der Waals surface area contributed by atoms with Gasteiger partial charge in [-0.3, -0.25) is 9.69 Å². The number of piperidine rings is 1. The standard InChI is InChI=1S/C10H16N2O2/c1-10(8-11)3-5-12(6-4-10)7-9(13)14-2/h3-7H2,1-2H3. The summed E-state index contributed by atoms with van der Waals surface area (Å²) in [4.78, 5) is 13.0. The van der Waals surface area contributed by atoms with Gasteiger partial charge in [-0.15, -0.1) is 0 Å². The fraction of sp³-hybridized carbons (Fsp3) is 0.800. The Kier molecular flexibility index (Phi) is 3.48. The van der Waals surface area contributed by atoms with Crippen molar-refractivity contribution in [2.24, 2.45) is 5.41 Å². The van der Waals surface area contributed by atoms with E-state index in [4.69, 9.17) is 5.26 Å². The fourth-order valence-corrected chi connectivity index (χ4v) is 1.56. The first-order valence-electron chi connectivity index (χ1n) is 4.80.